The molecule has 0 radical (unpaired) electrons. The fourth-order valence-electron chi connectivity index (χ4n) is 1.55. The van der Waals surface area contributed by atoms with Crippen molar-refractivity contribution in [3.05, 3.63) is 62.6 Å². The van der Waals surface area contributed by atoms with Gasteiger partial charge in [-0.1, -0.05) is 12.1 Å². The number of hydrogen-bond donors (Lipinski definition) is 1. The number of nitro benzene ring substituents is 1. The van der Waals surface area contributed by atoms with Gasteiger partial charge in [0.2, 0.25) is 0 Å². The molecule has 2 aromatic rings. The monoisotopic (exact) mass is 323 g/mol. The van der Waals surface area contributed by atoms with Crippen LogP contribution in [0.5, 0.6) is 11.5 Å². The molecule has 98 valence electrons. The van der Waals surface area contributed by atoms with Gasteiger partial charge in [-0.25, -0.2) is 0 Å². The number of benzene rings is 2. The third-order valence-corrected chi connectivity index (χ3v) is 3.14. The Morgan fingerprint density at radius 1 is 1.21 bits per heavy atom. The predicted molar refractivity (Wildman–Crippen MR) is 73.2 cm³/mol. The van der Waals surface area contributed by atoms with Gasteiger partial charge in [0.25, 0.3) is 5.69 Å². The summed E-state index contributed by atoms with van der Waals surface area (Å²) in [5.41, 5.74) is 0.286. The standard InChI is InChI=1S/C13H10BrNO4/c14-11-3-1-2-4-13(11)19-12-6-5-10(15(17)18)7-9(12)8-16/h1-7,16H,8H2. The topological polar surface area (TPSA) is 72.6 Å². The van der Waals surface area contributed by atoms with Crippen LogP contribution in [-0.2, 0) is 6.61 Å². The Balaban J connectivity index is 2.35. The Labute approximate surface area is 117 Å². The Bertz CT molecular complexity index is 615. The number of para-hydroxylation sites is 1. The highest BCUT2D eigenvalue weighted by Crippen LogP contribution is 2.32. The summed E-state index contributed by atoms with van der Waals surface area (Å²) in [6.45, 7) is -0.332. The molecule has 0 aliphatic rings. The molecule has 2 aromatic carbocycles. The fraction of sp³-hybridized carbons (Fsp3) is 0.0769. The molecule has 0 aliphatic heterocycles. The lowest BCUT2D eigenvalue weighted by Gasteiger charge is -2.10. The number of nitrogens with zero attached hydrogens (tertiary/aromatic N) is 1. The molecule has 0 bridgehead atoms. The lowest BCUT2D eigenvalue weighted by molar-refractivity contribution is -0.385. The second kappa shape index (κ2) is 5.81. The first-order chi connectivity index (χ1) is 9.11. The third-order valence-electron chi connectivity index (χ3n) is 2.48. The number of aliphatic hydroxyl groups is 1. The van der Waals surface area contributed by atoms with Crippen molar-refractivity contribution in [1.82, 2.24) is 0 Å². The van der Waals surface area contributed by atoms with E-state index in [2.05, 4.69) is 15.9 Å². The first kappa shape index (κ1) is 13.5. The predicted octanol–water partition coefficient (Wildman–Crippen LogP) is 3.64. The molecule has 0 atom stereocenters. The van der Waals surface area contributed by atoms with E-state index in [4.69, 9.17) is 4.74 Å². The van der Waals surface area contributed by atoms with Crippen molar-refractivity contribution in [2.24, 2.45) is 0 Å². The Morgan fingerprint density at radius 3 is 2.58 bits per heavy atom. The lowest BCUT2D eigenvalue weighted by atomic mass is 10.2. The molecule has 0 unspecified atom stereocenters. The molecule has 0 heterocycles. The van der Waals surface area contributed by atoms with E-state index in [0.717, 1.165) is 4.47 Å². The number of aliphatic hydroxyl groups excluding tert-OH is 1. The van der Waals surface area contributed by atoms with Crippen LogP contribution >= 0.6 is 15.9 Å². The molecule has 0 amide bonds. The third kappa shape index (κ3) is 3.10. The van der Waals surface area contributed by atoms with Gasteiger partial charge in [0.15, 0.2) is 0 Å². The molecule has 0 saturated carbocycles. The summed E-state index contributed by atoms with van der Waals surface area (Å²) in [4.78, 5) is 10.2. The van der Waals surface area contributed by atoms with Gasteiger partial charge >= 0.3 is 0 Å². The second-order valence-electron chi connectivity index (χ2n) is 3.74. The summed E-state index contributed by atoms with van der Waals surface area (Å²) >= 11 is 3.34. The normalized spacial score (nSPS) is 10.2. The first-order valence-corrected chi connectivity index (χ1v) is 6.21. The number of halogens is 1. The molecule has 6 heteroatoms. The summed E-state index contributed by atoms with van der Waals surface area (Å²) in [7, 11) is 0. The van der Waals surface area contributed by atoms with Crippen molar-refractivity contribution in [3.63, 3.8) is 0 Å². The van der Waals surface area contributed by atoms with Crippen LogP contribution in [0.4, 0.5) is 5.69 Å². The highest BCUT2D eigenvalue weighted by atomic mass is 79.9. The van der Waals surface area contributed by atoms with Crippen molar-refractivity contribution >= 4 is 21.6 Å². The molecule has 0 aliphatic carbocycles. The van der Waals surface area contributed by atoms with Crippen LogP contribution < -0.4 is 4.74 Å². The van der Waals surface area contributed by atoms with Crippen LogP contribution in [0.1, 0.15) is 5.56 Å². The van der Waals surface area contributed by atoms with E-state index in [1.54, 1.807) is 6.07 Å². The van der Waals surface area contributed by atoms with E-state index in [1.165, 1.54) is 18.2 Å². The van der Waals surface area contributed by atoms with Gasteiger partial charge in [0, 0.05) is 17.7 Å². The number of non-ortho nitro benzene ring substituents is 1. The molecular weight excluding hydrogens is 314 g/mol. The molecule has 0 aromatic heterocycles. The van der Waals surface area contributed by atoms with Crippen LogP contribution in [0, 0.1) is 10.1 Å². The largest absolute Gasteiger partial charge is 0.456 e. The minimum absolute atomic E-state index is 0.0801. The molecule has 0 spiro atoms. The highest BCUT2D eigenvalue weighted by Gasteiger charge is 2.12. The zero-order valence-corrected chi connectivity index (χ0v) is 11.3. The Kier molecular flexibility index (Phi) is 4.13. The van der Waals surface area contributed by atoms with E-state index < -0.39 is 4.92 Å². The van der Waals surface area contributed by atoms with Crippen molar-refractivity contribution in [2.75, 3.05) is 0 Å². The number of hydrogen-bond acceptors (Lipinski definition) is 4. The van der Waals surface area contributed by atoms with Crippen LogP contribution in [0.2, 0.25) is 0 Å². The second-order valence-corrected chi connectivity index (χ2v) is 4.59. The maximum absolute atomic E-state index is 10.7. The van der Waals surface area contributed by atoms with Crippen molar-refractivity contribution in [1.29, 1.82) is 0 Å². The maximum atomic E-state index is 10.7. The average molecular weight is 324 g/mol. The van der Waals surface area contributed by atoms with Gasteiger partial charge < -0.3 is 9.84 Å². The molecule has 1 N–H and O–H groups in total. The molecular formula is C13H10BrNO4. The quantitative estimate of drug-likeness (QED) is 0.688. The molecule has 19 heavy (non-hydrogen) atoms. The number of nitro groups is 1. The van der Waals surface area contributed by atoms with Crippen LogP contribution in [0.3, 0.4) is 0 Å². The van der Waals surface area contributed by atoms with Crippen LogP contribution in [0.15, 0.2) is 46.9 Å². The first-order valence-electron chi connectivity index (χ1n) is 5.42. The molecule has 0 fully saturated rings. The maximum Gasteiger partial charge on any atom is 0.270 e. The lowest BCUT2D eigenvalue weighted by Crippen LogP contribution is -1.95. The molecule has 2 rings (SSSR count). The zero-order chi connectivity index (χ0) is 13.8. The summed E-state index contributed by atoms with van der Waals surface area (Å²) in [6.07, 6.45) is 0. The Morgan fingerprint density at radius 2 is 1.95 bits per heavy atom. The highest BCUT2D eigenvalue weighted by molar-refractivity contribution is 9.10. The number of ether oxygens (including phenoxy) is 1. The van der Waals surface area contributed by atoms with E-state index in [1.807, 2.05) is 18.2 Å². The van der Waals surface area contributed by atoms with Crippen LogP contribution in [-0.4, -0.2) is 10.0 Å². The minimum atomic E-state index is -0.513. The smallest absolute Gasteiger partial charge is 0.270 e. The molecule has 0 saturated heterocycles. The summed E-state index contributed by atoms with van der Waals surface area (Å²) in [6, 6.07) is 11.3. The van der Waals surface area contributed by atoms with E-state index in [0.29, 0.717) is 17.1 Å². The van der Waals surface area contributed by atoms with Crippen molar-refractivity contribution in [2.45, 2.75) is 6.61 Å². The van der Waals surface area contributed by atoms with Gasteiger partial charge in [0.05, 0.1) is 16.0 Å². The van der Waals surface area contributed by atoms with Gasteiger partial charge in [0.1, 0.15) is 11.5 Å². The van der Waals surface area contributed by atoms with Gasteiger partial charge in [-0.3, -0.25) is 10.1 Å². The van der Waals surface area contributed by atoms with E-state index >= 15 is 0 Å². The van der Waals surface area contributed by atoms with Gasteiger partial charge in [-0.2, -0.15) is 0 Å². The molecule has 5 nitrogen and oxygen atoms in total. The summed E-state index contributed by atoms with van der Waals surface area (Å²) < 4.78 is 6.40. The minimum Gasteiger partial charge on any atom is -0.456 e. The summed E-state index contributed by atoms with van der Waals surface area (Å²) in [5, 5.41) is 19.9. The fourth-order valence-corrected chi connectivity index (χ4v) is 1.91. The van der Waals surface area contributed by atoms with E-state index in [-0.39, 0.29) is 12.3 Å². The summed E-state index contributed by atoms with van der Waals surface area (Å²) in [5.74, 6) is 0.964. The van der Waals surface area contributed by atoms with E-state index in [9.17, 15) is 15.2 Å². The SMILES string of the molecule is O=[N+]([O-])c1ccc(Oc2ccccc2Br)c(CO)c1. The number of rotatable bonds is 4. The van der Waals surface area contributed by atoms with Gasteiger partial charge in [-0.05, 0) is 34.1 Å². The van der Waals surface area contributed by atoms with Crippen molar-refractivity contribution < 1.29 is 14.8 Å². The average Bonchev–Trinajstić information content (AvgIpc) is 2.41. The van der Waals surface area contributed by atoms with Crippen molar-refractivity contribution in [3.8, 4) is 11.5 Å². The van der Waals surface area contributed by atoms with Crippen LogP contribution in [0.25, 0.3) is 0 Å². The zero-order valence-electron chi connectivity index (χ0n) is 9.75. The Hall–Kier alpha value is -1.92. The van der Waals surface area contributed by atoms with Gasteiger partial charge in [-0.15, -0.1) is 0 Å².